The molecular weight excluding hydrogens is 457 g/mol. The Morgan fingerprint density at radius 2 is 1.79 bits per heavy atom. The topological polar surface area (TPSA) is 62.7 Å². The normalized spacial score (nSPS) is 19.7. The van der Waals surface area contributed by atoms with Crippen LogP contribution in [0.4, 0.5) is 9.18 Å². The van der Waals surface area contributed by atoms with Crippen molar-refractivity contribution in [3.8, 4) is 11.1 Å². The number of carbonyl (C=O) groups excluding carboxylic acids is 2. The minimum absolute atomic E-state index is 0.0788. The van der Waals surface area contributed by atoms with Gasteiger partial charge < -0.3 is 14.5 Å². The summed E-state index contributed by atoms with van der Waals surface area (Å²) in [4.78, 5) is 33.4. The lowest BCUT2D eigenvalue weighted by molar-refractivity contribution is 0.0126. The lowest BCUT2D eigenvalue weighted by atomic mass is 10.0. The number of aromatic nitrogens is 1. The summed E-state index contributed by atoms with van der Waals surface area (Å²) < 4.78 is 20.6. The molecule has 2 aromatic carbocycles. The minimum Gasteiger partial charge on any atom is -0.444 e. The highest BCUT2D eigenvalue weighted by atomic mass is 35.5. The van der Waals surface area contributed by atoms with Gasteiger partial charge in [0.1, 0.15) is 11.4 Å². The Morgan fingerprint density at radius 1 is 1.06 bits per heavy atom. The number of halogens is 2. The zero-order valence-corrected chi connectivity index (χ0v) is 20.0. The summed E-state index contributed by atoms with van der Waals surface area (Å²) in [5, 5.41) is 1.38. The van der Waals surface area contributed by atoms with E-state index in [2.05, 4.69) is 4.98 Å². The van der Waals surface area contributed by atoms with Crippen molar-refractivity contribution in [1.82, 2.24) is 14.8 Å². The van der Waals surface area contributed by atoms with Gasteiger partial charge in [0, 0.05) is 35.8 Å². The van der Waals surface area contributed by atoms with Crippen LogP contribution in [0.5, 0.6) is 0 Å². The Balaban J connectivity index is 1.32. The zero-order chi connectivity index (χ0) is 24.2. The van der Waals surface area contributed by atoms with Crippen LogP contribution < -0.4 is 0 Å². The van der Waals surface area contributed by atoms with Gasteiger partial charge in [-0.1, -0.05) is 29.8 Å². The van der Waals surface area contributed by atoms with E-state index in [1.165, 1.54) is 6.07 Å². The molecule has 2 aliphatic heterocycles. The first-order valence-electron chi connectivity index (χ1n) is 11.3. The first-order valence-corrected chi connectivity index (χ1v) is 11.6. The van der Waals surface area contributed by atoms with Gasteiger partial charge in [-0.2, -0.15) is 0 Å². The van der Waals surface area contributed by atoms with Crippen molar-refractivity contribution in [3.05, 3.63) is 65.1 Å². The predicted octanol–water partition coefficient (Wildman–Crippen LogP) is 5.53. The molecule has 0 radical (unpaired) electrons. The molecule has 2 amide bonds. The summed E-state index contributed by atoms with van der Waals surface area (Å²) in [7, 11) is 0. The fourth-order valence-electron chi connectivity index (χ4n) is 4.79. The number of ether oxygens (including phenoxy) is 1. The molecule has 8 heteroatoms. The third kappa shape index (κ3) is 4.09. The van der Waals surface area contributed by atoms with E-state index >= 15 is 4.39 Å². The average Bonchev–Trinajstić information content (AvgIpc) is 3.38. The Morgan fingerprint density at radius 3 is 2.47 bits per heavy atom. The molecule has 0 saturated carbocycles. The minimum atomic E-state index is -0.568. The highest BCUT2D eigenvalue weighted by Gasteiger charge is 2.48. The number of fused-ring (bicyclic) bond motifs is 3. The summed E-state index contributed by atoms with van der Waals surface area (Å²) in [6.45, 7) is 6.34. The number of hydrogen-bond donors (Lipinski definition) is 0. The number of rotatable bonds is 2. The summed E-state index contributed by atoms with van der Waals surface area (Å²) in [5.41, 5.74) is 1.44. The molecule has 2 aliphatic rings. The molecule has 1 aromatic heterocycles. The van der Waals surface area contributed by atoms with Crippen molar-refractivity contribution in [1.29, 1.82) is 0 Å². The Labute approximate surface area is 202 Å². The summed E-state index contributed by atoms with van der Waals surface area (Å²) >= 11 is 6.20. The van der Waals surface area contributed by atoms with Crippen molar-refractivity contribution >= 4 is 34.5 Å². The third-order valence-corrected chi connectivity index (χ3v) is 6.68. The van der Waals surface area contributed by atoms with Crippen LogP contribution >= 0.6 is 11.6 Å². The number of nitrogens with zero attached hydrogens (tertiary/aromatic N) is 3. The Bertz CT molecular complexity index is 1310. The average molecular weight is 482 g/mol. The van der Waals surface area contributed by atoms with Crippen LogP contribution in [-0.2, 0) is 4.74 Å². The number of piperazine rings is 1. The maximum Gasteiger partial charge on any atom is 0.410 e. The van der Waals surface area contributed by atoms with Crippen LogP contribution in [0.25, 0.3) is 22.0 Å². The van der Waals surface area contributed by atoms with Gasteiger partial charge in [-0.05, 0) is 57.0 Å². The van der Waals surface area contributed by atoms with Gasteiger partial charge in [0.05, 0.1) is 22.6 Å². The Kier molecular flexibility index (Phi) is 5.47. The van der Waals surface area contributed by atoms with Gasteiger partial charge in [-0.3, -0.25) is 9.78 Å². The van der Waals surface area contributed by atoms with Crippen LogP contribution in [0.1, 0.15) is 37.6 Å². The second-order valence-electron chi connectivity index (χ2n) is 9.85. The number of carbonyl (C=O) groups is 2. The van der Waals surface area contributed by atoms with Crippen molar-refractivity contribution in [2.24, 2.45) is 0 Å². The highest BCUT2D eigenvalue weighted by Crippen LogP contribution is 2.34. The number of hydrogen-bond acceptors (Lipinski definition) is 4. The second-order valence-corrected chi connectivity index (χ2v) is 10.3. The van der Waals surface area contributed by atoms with Gasteiger partial charge in [-0.15, -0.1) is 0 Å². The molecule has 0 aliphatic carbocycles. The molecule has 2 saturated heterocycles. The van der Waals surface area contributed by atoms with Crippen molar-refractivity contribution in [2.45, 2.75) is 44.9 Å². The Hall–Kier alpha value is -3.19. The highest BCUT2D eigenvalue weighted by molar-refractivity contribution is 6.35. The van der Waals surface area contributed by atoms with Gasteiger partial charge in [0.25, 0.3) is 5.91 Å². The first-order chi connectivity index (χ1) is 16.1. The van der Waals surface area contributed by atoms with Gasteiger partial charge in [-0.25, -0.2) is 9.18 Å². The molecule has 1 unspecified atom stereocenters. The molecule has 3 aromatic rings. The zero-order valence-electron chi connectivity index (χ0n) is 19.2. The van der Waals surface area contributed by atoms with Crippen molar-refractivity contribution in [3.63, 3.8) is 0 Å². The van der Waals surface area contributed by atoms with E-state index < -0.39 is 11.4 Å². The first kappa shape index (κ1) is 22.6. The fraction of sp³-hybridized carbons (Fsp3) is 0.346. The maximum atomic E-state index is 15.1. The van der Waals surface area contributed by atoms with Crippen LogP contribution in [0.15, 0.2) is 48.7 Å². The molecule has 3 heterocycles. The molecule has 2 bridgehead atoms. The summed E-state index contributed by atoms with van der Waals surface area (Å²) in [5.74, 6) is -0.708. The van der Waals surface area contributed by atoms with Gasteiger partial charge >= 0.3 is 6.09 Å². The van der Waals surface area contributed by atoms with Gasteiger partial charge in [0.15, 0.2) is 0 Å². The van der Waals surface area contributed by atoms with Crippen molar-refractivity contribution < 1.29 is 18.7 Å². The summed E-state index contributed by atoms with van der Waals surface area (Å²) in [6, 6.07) is 11.5. The second kappa shape index (κ2) is 8.24. The van der Waals surface area contributed by atoms with Crippen LogP contribution in [0.3, 0.4) is 0 Å². The third-order valence-electron chi connectivity index (χ3n) is 6.35. The van der Waals surface area contributed by atoms with Crippen LogP contribution in [-0.4, -0.2) is 57.6 Å². The molecule has 34 heavy (non-hydrogen) atoms. The molecule has 2 fully saturated rings. The van der Waals surface area contributed by atoms with E-state index in [0.717, 1.165) is 5.39 Å². The fourth-order valence-corrected chi connectivity index (χ4v) is 5.00. The number of likely N-dealkylation sites (tertiary alicyclic amines) is 2. The quantitative estimate of drug-likeness (QED) is 0.483. The van der Waals surface area contributed by atoms with Crippen LogP contribution in [0.2, 0.25) is 5.02 Å². The molecule has 176 valence electrons. The van der Waals surface area contributed by atoms with E-state index in [1.54, 1.807) is 46.3 Å². The predicted molar refractivity (Wildman–Crippen MR) is 128 cm³/mol. The number of pyridine rings is 1. The van der Waals surface area contributed by atoms with E-state index in [1.807, 2.05) is 26.8 Å². The SMILES string of the molecule is CC(C)(C)OC(=O)N1C[C@@H]2CC1CN2C(=O)c1ccc(-c2ccc3c(Cl)ccnc3c2)c(F)c1. The smallest absolute Gasteiger partial charge is 0.410 e. The maximum absolute atomic E-state index is 15.1. The molecule has 6 nitrogen and oxygen atoms in total. The lowest BCUT2D eigenvalue weighted by Crippen LogP contribution is -2.51. The van der Waals surface area contributed by atoms with Crippen molar-refractivity contribution in [2.75, 3.05) is 13.1 Å². The number of benzene rings is 2. The molecule has 5 rings (SSSR count). The lowest BCUT2D eigenvalue weighted by Gasteiger charge is -2.35. The van der Waals surface area contributed by atoms with E-state index in [9.17, 15) is 9.59 Å². The van der Waals surface area contributed by atoms with E-state index in [-0.39, 0.29) is 24.1 Å². The van der Waals surface area contributed by atoms with E-state index in [0.29, 0.717) is 46.7 Å². The monoisotopic (exact) mass is 481 g/mol. The van der Waals surface area contributed by atoms with E-state index in [4.69, 9.17) is 16.3 Å². The molecular formula is C26H25ClFN3O3. The molecule has 0 N–H and O–H groups in total. The largest absolute Gasteiger partial charge is 0.444 e. The van der Waals surface area contributed by atoms with Gasteiger partial charge in [0.2, 0.25) is 0 Å². The van der Waals surface area contributed by atoms with Crippen LogP contribution in [0, 0.1) is 5.82 Å². The molecule has 2 atom stereocenters. The standard InChI is InChI=1S/C26H25ClFN3O3/c1-26(2,3)34-25(33)31-14-17-12-18(31)13-30(17)24(32)16-5-6-19(22(28)10-16)15-4-7-20-21(27)8-9-29-23(20)11-15/h4-11,17-18H,12-14H2,1-3H3/t17-,18?/m0/s1. The molecule has 0 spiro atoms. The summed E-state index contributed by atoms with van der Waals surface area (Å²) in [6.07, 6.45) is 1.96. The number of amides is 2.